The van der Waals surface area contributed by atoms with Crippen molar-refractivity contribution in [2.45, 2.75) is 0 Å². The van der Waals surface area contributed by atoms with Crippen LogP contribution in [0.4, 0.5) is 0 Å². The summed E-state index contributed by atoms with van der Waals surface area (Å²) in [6.07, 6.45) is 0.671. The molecule has 1 aliphatic rings. The SMILES string of the molecule is O=Cc1ccc(-c2cccc3c2OCO3)o1. The maximum Gasteiger partial charge on any atom is 0.231 e. The van der Waals surface area contributed by atoms with Gasteiger partial charge in [-0.05, 0) is 24.3 Å². The molecule has 1 aromatic carbocycles. The minimum absolute atomic E-state index is 0.216. The Hall–Kier alpha value is -2.23. The van der Waals surface area contributed by atoms with E-state index >= 15 is 0 Å². The van der Waals surface area contributed by atoms with Crippen LogP contribution >= 0.6 is 0 Å². The van der Waals surface area contributed by atoms with Crippen LogP contribution in [0, 0.1) is 0 Å². The number of ether oxygens (including phenoxy) is 2. The highest BCUT2D eigenvalue weighted by molar-refractivity contribution is 5.75. The maximum atomic E-state index is 10.5. The molecule has 1 aliphatic heterocycles. The quantitative estimate of drug-likeness (QED) is 0.723. The van der Waals surface area contributed by atoms with E-state index in [1.807, 2.05) is 18.2 Å². The van der Waals surface area contributed by atoms with Crippen molar-refractivity contribution in [3.8, 4) is 22.8 Å². The summed E-state index contributed by atoms with van der Waals surface area (Å²) < 4.78 is 16.0. The second kappa shape index (κ2) is 3.41. The fourth-order valence-corrected chi connectivity index (χ4v) is 1.69. The third-order valence-electron chi connectivity index (χ3n) is 2.40. The fraction of sp³-hybridized carbons (Fsp3) is 0.0833. The first-order valence-electron chi connectivity index (χ1n) is 4.82. The number of fused-ring (bicyclic) bond motifs is 1. The number of benzene rings is 1. The molecule has 0 amide bonds. The summed E-state index contributed by atoms with van der Waals surface area (Å²) in [6.45, 7) is 0.216. The van der Waals surface area contributed by atoms with Crippen LogP contribution in [0.5, 0.6) is 11.5 Å². The van der Waals surface area contributed by atoms with Crippen LogP contribution in [-0.2, 0) is 0 Å². The summed E-state index contributed by atoms with van der Waals surface area (Å²) in [5.41, 5.74) is 0.795. The van der Waals surface area contributed by atoms with Crippen molar-refractivity contribution < 1.29 is 18.7 Å². The molecule has 0 N–H and O–H groups in total. The van der Waals surface area contributed by atoms with E-state index in [4.69, 9.17) is 13.9 Å². The van der Waals surface area contributed by atoms with Crippen molar-refractivity contribution >= 4 is 6.29 Å². The molecule has 0 fully saturated rings. The summed E-state index contributed by atoms with van der Waals surface area (Å²) >= 11 is 0. The molecule has 4 heteroatoms. The number of rotatable bonds is 2. The molecule has 80 valence electrons. The molecular formula is C12H8O4. The van der Waals surface area contributed by atoms with E-state index in [1.165, 1.54) is 0 Å². The highest BCUT2D eigenvalue weighted by Gasteiger charge is 2.19. The Balaban J connectivity index is 2.13. The largest absolute Gasteiger partial charge is 0.454 e. The van der Waals surface area contributed by atoms with E-state index in [9.17, 15) is 4.79 Å². The van der Waals surface area contributed by atoms with Gasteiger partial charge in [-0.15, -0.1) is 0 Å². The van der Waals surface area contributed by atoms with Gasteiger partial charge in [0.1, 0.15) is 5.76 Å². The van der Waals surface area contributed by atoms with Crippen molar-refractivity contribution in [3.05, 3.63) is 36.1 Å². The summed E-state index contributed by atoms with van der Waals surface area (Å²) in [4.78, 5) is 10.5. The number of hydrogen-bond donors (Lipinski definition) is 0. The Labute approximate surface area is 91.4 Å². The van der Waals surface area contributed by atoms with Crippen molar-refractivity contribution in [3.63, 3.8) is 0 Å². The van der Waals surface area contributed by atoms with Gasteiger partial charge >= 0.3 is 0 Å². The molecule has 0 bridgehead atoms. The number of aldehydes is 1. The van der Waals surface area contributed by atoms with Crippen LogP contribution < -0.4 is 9.47 Å². The first-order chi connectivity index (χ1) is 7.88. The standard InChI is InChI=1S/C12H8O4/c13-6-8-4-5-10(16-8)9-2-1-3-11-12(9)15-7-14-11/h1-6H,7H2. The second-order valence-electron chi connectivity index (χ2n) is 3.36. The van der Waals surface area contributed by atoms with Gasteiger partial charge in [-0.1, -0.05) is 6.07 Å². The number of carbonyl (C=O) groups is 1. The van der Waals surface area contributed by atoms with Gasteiger partial charge < -0.3 is 13.9 Å². The molecule has 0 aliphatic carbocycles. The normalized spacial score (nSPS) is 12.8. The van der Waals surface area contributed by atoms with Crippen molar-refractivity contribution in [2.75, 3.05) is 6.79 Å². The Morgan fingerprint density at radius 3 is 2.88 bits per heavy atom. The fourth-order valence-electron chi connectivity index (χ4n) is 1.69. The lowest BCUT2D eigenvalue weighted by Gasteiger charge is -2.01. The topological polar surface area (TPSA) is 48.7 Å². The Bertz CT molecular complexity index is 542. The molecule has 1 aromatic heterocycles. The smallest absolute Gasteiger partial charge is 0.231 e. The van der Waals surface area contributed by atoms with Gasteiger partial charge in [0, 0.05) is 0 Å². The number of hydrogen-bond acceptors (Lipinski definition) is 4. The average molecular weight is 216 g/mol. The van der Waals surface area contributed by atoms with E-state index in [2.05, 4.69) is 0 Å². The van der Waals surface area contributed by atoms with E-state index in [1.54, 1.807) is 12.1 Å². The van der Waals surface area contributed by atoms with Gasteiger partial charge in [-0.3, -0.25) is 4.79 Å². The predicted molar refractivity (Wildman–Crippen MR) is 55.7 cm³/mol. The van der Waals surface area contributed by atoms with Crippen LogP contribution in [0.25, 0.3) is 11.3 Å². The van der Waals surface area contributed by atoms with Crippen LogP contribution in [0.3, 0.4) is 0 Å². The summed E-state index contributed by atoms with van der Waals surface area (Å²) in [5.74, 6) is 2.26. The van der Waals surface area contributed by atoms with Gasteiger partial charge in [0.2, 0.25) is 6.79 Å². The van der Waals surface area contributed by atoms with E-state index in [0.717, 1.165) is 5.56 Å². The Morgan fingerprint density at radius 1 is 1.12 bits per heavy atom. The molecule has 0 radical (unpaired) electrons. The lowest BCUT2D eigenvalue weighted by atomic mass is 10.1. The molecule has 0 atom stereocenters. The van der Waals surface area contributed by atoms with Gasteiger partial charge in [0.05, 0.1) is 5.56 Å². The first-order valence-corrected chi connectivity index (χ1v) is 4.82. The molecule has 16 heavy (non-hydrogen) atoms. The van der Waals surface area contributed by atoms with E-state index < -0.39 is 0 Å². The lowest BCUT2D eigenvalue weighted by Crippen LogP contribution is -1.93. The van der Waals surface area contributed by atoms with Crippen LogP contribution in [0.1, 0.15) is 10.6 Å². The number of para-hydroxylation sites is 1. The van der Waals surface area contributed by atoms with Crippen LogP contribution in [0.2, 0.25) is 0 Å². The summed E-state index contributed by atoms with van der Waals surface area (Å²) in [7, 11) is 0. The maximum absolute atomic E-state index is 10.5. The highest BCUT2D eigenvalue weighted by Crippen LogP contribution is 2.41. The molecule has 2 aromatic rings. The molecule has 3 rings (SSSR count). The third-order valence-corrected chi connectivity index (χ3v) is 2.40. The van der Waals surface area contributed by atoms with Gasteiger partial charge in [0.25, 0.3) is 0 Å². The predicted octanol–water partition coefficient (Wildman–Crippen LogP) is 2.49. The third kappa shape index (κ3) is 1.27. The Morgan fingerprint density at radius 2 is 2.06 bits per heavy atom. The molecule has 0 unspecified atom stereocenters. The van der Waals surface area contributed by atoms with Crippen LogP contribution in [0.15, 0.2) is 34.7 Å². The van der Waals surface area contributed by atoms with Crippen LogP contribution in [-0.4, -0.2) is 13.1 Å². The molecule has 0 spiro atoms. The Kier molecular flexibility index (Phi) is 1.93. The molecule has 4 nitrogen and oxygen atoms in total. The summed E-state index contributed by atoms with van der Waals surface area (Å²) in [6, 6.07) is 8.90. The zero-order valence-corrected chi connectivity index (χ0v) is 8.30. The molecule has 2 heterocycles. The van der Waals surface area contributed by atoms with Gasteiger partial charge in [-0.2, -0.15) is 0 Å². The molecule has 0 saturated heterocycles. The zero-order chi connectivity index (χ0) is 11.0. The second-order valence-corrected chi connectivity index (χ2v) is 3.36. The number of carbonyl (C=O) groups excluding carboxylic acids is 1. The monoisotopic (exact) mass is 216 g/mol. The van der Waals surface area contributed by atoms with Gasteiger partial charge in [-0.25, -0.2) is 0 Å². The van der Waals surface area contributed by atoms with Crippen molar-refractivity contribution in [1.82, 2.24) is 0 Å². The summed E-state index contributed by atoms with van der Waals surface area (Å²) in [5, 5.41) is 0. The average Bonchev–Trinajstić information content (AvgIpc) is 2.97. The molecule has 0 saturated carbocycles. The lowest BCUT2D eigenvalue weighted by molar-refractivity contribution is 0.110. The minimum Gasteiger partial charge on any atom is -0.454 e. The van der Waals surface area contributed by atoms with E-state index in [-0.39, 0.29) is 6.79 Å². The highest BCUT2D eigenvalue weighted by atomic mass is 16.7. The van der Waals surface area contributed by atoms with Gasteiger partial charge in [0.15, 0.2) is 23.5 Å². The number of furan rings is 1. The van der Waals surface area contributed by atoms with E-state index in [0.29, 0.717) is 29.3 Å². The zero-order valence-electron chi connectivity index (χ0n) is 8.30. The minimum atomic E-state index is 0.216. The molecular weight excluding hydrogens is 208 g/mol. The first kappa shape index (κ1) is 9.03. The van der Waals surface area contributed by atoms with Crippen molar-refractivity contribution in [1.29, 1.82) is 0 Å². The van der Waals surface area contributed by atoms with Crippen molar-refractivity contribution in [2.24, 2.45) is 0 Å².